The molecule has 3 aromatic rings. The maximum Gasteiger partial charge on any atom is 0.160 e. The molecule has 4 N–H and O–H groups in total. The van der Waals surface area contributed by atoms with Crippen molar-refractivity contribution >= 4 is 5.78 Å². The lowest BCUT2D eigenvalue weighted by Gasteiger charge is -2.18. The number of benzene rings is 2. The standard InChI is InChI=1S/C26H31NO6/c1-32-25-13-17(4-7-22(25)29)3-6-21(28)15-24(31)20(12-19-9-10-27-16-19)11-18-5-8-23(30)26(14-18)33-2/h4-5,7-10,13-14,16,20-21,27-30H,3,6,11-12,15H2,1-2H3/t20-,21-/m0/s1. The molecule has 0 aliphatic rings. The Morgan fingerprint density at radius 1 is 0.909 bits per heavy atom. The van der Waals surface area contributed by atoms with Gasteiger partial charge in [-0.05, 0) is 72.7 Å². The number of aromatic nitrogens is 1. The van der Waals surface area contributed by atoms with Crippen molar-refractivity contribution in [2.75, 3.05) is 14.2 Å². The minimum Gasteiger partial charge on any atom is -0.504 e. The van der Waals surface area contributed by atoms with Gasteiger partial charge >= 0.3 is 0 Å². The number of carbonyl (C=O) groups excluding carboxylic acids is 1. The van der Waals surface area contributed by atoms with Crippen molar-refractivity contribution in [1.82, 2.24) is 4.98 Å². The molecule has 33 heavy (non-hydrogen) atoms. The van der Waals surface area contributed by atoms with Gasteiger partial charge in [-0.1, -0.05) is 12.1 Å². The fraction of sp³-hybridized carbons (Fsp3) is 0.346. The Morgan fingerprint density at radius 2 is 1.52 bits per heavy atom. The first-order chi connectivity index (χ1) is 15.9. The van der Waals surface area contributed by atoms with Crippen LogP contribution in [0.15, 0.2) is 54.9 Å². The van der Waals surface area contributed by atoms with Gasteiger partial charge in [-0.2, -0.15) is 0 Å². The number of aryl methyl sites for hydroxylation is 1. The van der Waals surface area contributed by atoms with E-state index in [1.165, 1.54) is 14.2 Å². The highest BCUT2D eigenvalue weighted by Gasteiger charge is 2.23. The largest absolute Gasteiger partial charge is 0.504 e. The van der Waals surface area contributed by atoms with Gasteiger partial charge in [0.1, 0.15) is 5.78 Å². The smallest absolute Gasteiger partial charge is 0.160 e. The fourth-order valence-electron chi connectivity index (χ4n) is 3.92. The maximum atomic E-state index is 13.2. The van der Waals surface area contributed by atoms with E-state index in [9.17, 15) is 20.1 Å². The van der Waals surface area contributed by atoms with E-state index in [0.29, 0.717) is 37.2 Å². The van der Waals surface area contributed by atoms with Crippen LogP contribution in [0.3, 0.4) is 0 Å². The molecule has 0 saturated carbocycles. The highest BCUT2D eigenvalue weighted by atomic mass is 16.5. The summed E-state index contributed by atoms with van der Waals surface area (Å²) in [5.74, 6) is 0.530. The summed E-state index contributed by atoms with van der Waals surface area (Å²) in [5.41, 5.74) is 2.81. The lowest BCUT2D eigenvalue weighted by Crippen LogP contribution is -2.24. The Kier molecular flexibility index (Phi) is 8.38. The maximum absolute atomic E-state index is 13.2. The van der Waals surface area contributed by atoms with Gasteiger partial charge in [-0.3, -0.25) is 4.79 Å². The molecule has 3 rings (SSSR count). The summed E-state index contributed by atoms with van der Waals surface area (Å²) < 4.78 is 10.3. The number of ether oxygens (including phenoxy) is 2. The van der Waals surface area contributed by atoms with E-state index in [2.05, 4.69) is 4.98 Å². The predicted octanol–water partition coefficient (Wildman–Crippen LogP) is 3.80. The minimum absolute atomic E-state index is 0.0148. The van der Waals surface area contributed by atoms with Crippen LogP contribution in [-0.2, 0) is 24.1 Å². The molecule has 7 heteroatoms. The van der Waals surface area contributed by atoms with Crippen molar-refractivity contribution in [3.8, 4) is 23.0 Å². The van der Waals surface area contributed by atoms with Crippen LogP contribution in [0, 0.1) is 5.92 Å². The lowest BCUT2D eigenvalue weighted by atomic mass is 9.87. The minimum atomic E-state index is -0.777. The number of aliphatic hydroxyl groups excluding tert-OH is 1. The van der Waals surface area contributed by atoms with Crippen molar-refractivity contribution in [2.45, 2.75) is 38.2 Å². The molecule has 176 valence electrons. The number of hydrogen-bond donors (Lipinski definition) is 4. The summed E-state index contributed by atoms with van der Waals surface area (Å²) >= 11 is 0. The number of phenols is 2. The molecule has 1 aromatic heterocycles. The van der Waals surface area contributed by atoms with E-state index in [1.807, 2.05) is 18.5 Å². The molecular weight excluding hydrogens is 422 g/mol. The first-order valence-corrected chi connectivity index (χ1v) is 10.9. The van der Waals surface area contributed by atoms with Gasteiger partial charge in [0.15, 0.2) is 23.0 Å². The second-order valence-corrected chi connectivity index (χ2v) is 8.20. The number of hydrogen-bond acceptors (Lipinski definition) is 6. The highest BCUT2D eigenvalue weighted by Crippen LogP contribution is 2.29. The summed E-state index contributed by atoms with van der Waals surface area (Å²) in [6, 6.07) is 12.1. The number of carbonyl (C=O) groups is 1. The van der Waals surface area contributed by atoms with Crippen LogP contribution >= 0.6 is 0 Å². The molecule has 7 nitrogen and oxygen atoms in total. The third kappa shape index (κ3) is 6.76. The van der Waals surface area contributed by atoms with E-state index in [-0.39, 0.29) is 29.6 Å². The second kappa shape index (κ2) is 11.4. The van der Waals surface area contributed by atoms with E-state index in [0.717, 1.165) is 16.7 Å². The topological polar surface area (TPSA) is 112 Å². The van der Waals surface area contributed by atoms with Crippen LogP contribution in [0.1, 0.15) is 29.5 Å². The van der Waals surface area contributed by atoms with Crippen molar-refractivity contribution < 1.29 is 29.6 Å². The van der Waals surface area contributed by atoms with Gasteiger partial charge in [-0.25, -0.2) is 0 Å². The molecule has 2 atom stereocenters. The zero-order valence-electron chi connectivity index (χ0n) is 19.0. The molecular formula is C26H31NO6. The van der Waals surface area contributed by atoms with Gasteiger partial charge in [0.05, 0.1) is 20.3 Å². The molecule has 0 aliphatic heterocycles. The number of aromatic hydroxyl groups is 2. The van der Waals surface area contributed by atoms with E-state index in [4.69, 9.17) is 9.47 Å². The Labute approximate surface area is 193 Å². The zero-order valence-corrected chi connectivity index (χ0v) is 19.0. The molecule has 0 fully saturated rings. The number of Topliss-reactive ketones (excluding diaryl/α,β-unsaturated/α-hetero) is 1. The molecule has 0 bridgehead atoms. The third-order valence-corrected chi connectivity index (χ3v) is 5.77. The van der Waals surface area contributed by atoms with Gasteiger partial charge in [0.2, 0.25) is 0 Å². The first kappa shape index (κ1) is 24.2. The van der Waals surface area contributed by atoms with Gasteiger partial charge in [0.25, 0.3) is 0 Å². The Morgan fingerprint density at radius 3 is 2.12 bits per heavy atom. The summed E-state index contributed by atoms with van der Waals surface area (Å²) in [4.78, 5) is 16.2. The van der Waals surface area contributed by atoms with Crippen LogP contribution in [0.25, 0.3) is 0 Å². The normalized spacial score (nSPS) is 12.8. The van der Waals surface area contributed by atoms with Crippen molar-refractivity contribution in [3.63, 3.8) is 0 Å². The molecule has 0 aliphatic carbocycles. The number of nitrogens with one attached hydrogen (secondary N) is 1. The summed E-state index contributed by atoms with van der Waals surface area (Å²) in [7, 11) is 2.97. The van der Waals surface area contributed by atoms with Crippen LogP contribution in [0.2, 0.25) is 0 Å². The molecule has 0 unspecified atom stereocenters. The van der Waals surface area contributed by atoms with Crippen molar-refractivity contribution in [3.05, 3.63) is 71.5 Å². The van der Waals surface area contributed by atoms with E-state index in [1.54, 1.807) is 36.4 Å². The number of aliphatic hydroxyl groups is 1. The number of methoxy groups -OCH3 is 2. The molecule has 1 heterocycles. The Balaban J connectivity index is 1.65. The van der Waals surface area contributed by atoms with Gasteiger partial charge in [-0.15, -0.1) is 0 Å². The van der Waals surface area contributed by atoms with Crippen LogP contribution in [-0.4, -0.2) is 46.4 Å². The SMILES string of the molecule is COc1cc(CC[C@H](O)CC(=O)[C@H](Cc2cc[nH]c2)Cc2ccc(O)c(OC)c2)ccc1O. The summed E-state index contributed by atoms with van der Waals surface area (Å²) in [6.07, 6.45) is 4.97. The number of rotatable bonds is 12. The summed E-state index contributed by atoms with van der Waals surface area (Å²) in [5, 5.41) is 30.1. The zero-order chi connectivity index (χ0) is 23.8. The fourth-order valence-corrected chi connectivity index (χ4v) is 3.92. The highest BCUT2D eigenvalue weighted by molar-refractivity contribution is 5.82. The number of ketones is 1. The van der Waals surface area contributed by atoms with E-state index < -0.39 is 6.10 Å². The van der Waals surface area contributed by atoms with Crippen LogP contribution < -0.4 is 9.47 Å². The van der Waals surface area contributed by atoms with Gasteiger partial charge < -0.3 is 29.8 Å². The van der Waals surface area contributed by atoms with Gasteiger partial charge in [0, 0.05) is 24.7 Å². The second-order valence-electron chi connectivity index (χ2n) is 8.20. The third-order valence-electron chi connectivity index (χ3n) is 5.77. The molecule has 0 amide bonds. The first-order valence-electron chi connectivity index (χ1n) is 10.9. The molecule has 2 aromatic carbocycles. The predicted molar refractivity (Wildman–Crippen MR) is 125 cm³/mol. The molecule has 0 spiro atoms. The van der Waals surface area contributed by atoms with Crippen LogP contribution in [0.5, 0.6) is 23.0 Å². The number of H-pyrrole nitrogens is 1. The van der Waals surface area contributed by atoms with Crippen molar-refractivity contribution in [2.24, 2.45) is 5.92 Å². The van der Waals surface area contributed by atoms with Crippen LogP contribution in [0.4, 0.5) is 0 Å². The average molecular weight is 454 g/mol. The Bertz CT molecular complexity index is 1050. The monoisotopic (exact) mass is 453 g/mol. The number of phenolic OH excluding ortho intramolecular Hbond substituents is 2. The Hall–Kier alpha value is -3.45. The summed E-state index contributed by atoms with van der Waals surface area (Å²) in [6.45, 7) is 0. The number of aromatic amines is 1. The van der Waals surface area contributed by atoms with Crippen molar-refractivity contribution in [1.29, 1.82) is 0 Å². The molecule has 0 saturated heterocycles. The quantitative estimate of drug-likeness (QED) is 0.332. The van der Waals surface area contributed by atoms with E-state index >= 15 is 0 Å². The lowest BCUT2D eigenvalue weighted by molar-refractivity contribution is -0.124. The average Bonchev–Trinajstić information content (AvgIpc) is 3.32. The molecule has 0 radical (unpaired) electrons.